The number of aromatic nitrogens is 1. The van der Waals surface area contributed by atoms with E-state index in [2.05, 4.69) is 53.7 Å². The van der Waals surface area contributed by atoms with Gasteiger partial charge in [0.05, 0.1) is 12.2 Å². The molecule has 0 aromatic carbocycles. The van der Waals surface area contributed by atoms with E-state index in [9.17, 15) is 0 Å². The molecule has 0 unspecified atom stereocenters. The van der Waals surface area contributed by atoms with Crippen LogP contribution in [-0.2, 0) is 16.7 Å². The molecule has 0 aliphatic carbocycles. The summed E-state index contributed by atoms with van der Waals surface area (Å²) >= 11 is 1.69. The molecule has 0 atom stereocenters. The van der Waals surface area contributed by atoms with Gasteiger partial charge in [-0.15, -0.1) is 35.3 Å². The maximum absolute atomic E-state index is 5.07. The van der Waals surface area contributed by atoms with Gasteiger partial charge in [-0.05, 0) is 13.5 Å². The monoisotopic (exact) mass is 483 g/mol. The van der Waals surface area contributed by atoms with E-state index in [4.69, 9.17) is 9.72 Å². The maximum Gasteiger partial charge on any atom is 0.191 e. The maximum atomic E-state index is 5.07. The molecule has 0 bridgehead atoms. The first kappa shape index (κ1) is 24.6. The minimum Gasteiger partial charge on any atom is -0.385 e. The van der Waals surface area contributed by atoms with Gasteiger partial charge >= 0.3 is 0 Å². The van der Waals surface area contributed by atoms with Crippen LogP contribution in [0.15, 0.2) is 10.4 Å². The number of rotatable bonds is 9. The van der Waals surface area contributed by atoms with E-state index in [0.717, 1.165) is 49.3 Å². The molecule has 0 aliphatic heterocycles. The zero-order valence-electron chi connectivity index (χ0n) is 16.4. The summed E-state index contributed by atoms with van der Waals surface area (Å²) in [6.45, 7) is 10.9. The topological polar surface area (TPSA) is 61.8 Å². The number of ether oxygens (including phenoxy) is 1. The fourth-order valence-corrected chi connectivity index (χ4v) is 3.03. The van der Waals surface area contributed by atoms with Crippen LogP contribution in [0, 0.1) is 0 Å². The summed E-state index contributed by atoms with van der Waals surface area (Å²) in [6.07, 6.45) is 1.06. The quantitative estimate of drug-likeness (QED) is 0.245. The molecule has 25 heavy (non-hydrogen) atoms. The van der Waals surface area contributed by atoms with Gasteiger partial charge in [0.25, 0.3) is 0 Å². The third kappa shape index (κ3) is 10.3. The number of nitrogens with zero attached hydrogens (tertiary/aromatic N) is 3. The Morgan fingerprint density at radius 1 is 1.32 bits per heavy atom. The molecule has 146 valence electrons. The first-order chi connectivity index (χ1) is 11.4. The Morgan fingerprint density at radius 2 is 2.04 bits per heavy atom. The van der Waals surface area contributed by atoms with Crippen molar-refractivity contribution >= 4 is 41.3 Å². The van der Waals surface area contributed by atoms with Crippen molar-refractivity contribution in [2.75, 3.05) is 47.4 Å². The summed E-state index contributed by atoms with van der Waals surface area (Å²) in [5.74, 6) is 0.813. The van der Waals surface area contributed by atoms with Crippen LogP contribution in [-0.4, -0.2) is 63.3 Å². The van der Waals surface area contributed by atoms with Crippen LogP contribution >= 0.6 is 35.3 Å². The van der Waals surface area contributed by atoms with Crippen molar-refractivity contribution in [2.45, 2.75) is 39.2 Å². The Hall–Kier alpha value is -0.450. The number of halogens is 1. The summed E-state index contributed by atoms with van der Waals surface area (Å²) < 4.78 is 5.07. The van der Waals surface area contributed by atoms with Crippen molar-refractivity contribution in [3.63, 3.8) is 0 Å². The molecule has 0 spiro atoms. The Morgan fingerprint density at radius 3 is 2.60 bits per heavy atom. The van der Waals surface area contributed by atoms with Gasteiger partial charge in [0.2, 0.25) is 0 Å². The first-order valence-electron chi connectivity index (χ1n) is 8.43. The smallest absolute Gasteiger partial charge is 0.191 e. The second-order valence-electron chi connectivity index (χ2n) is 6.88. The van der Waals surface area contributed by atoms with Crippen molar-refractivity contribution in [3.05, 3.63) is 16.1 Å². The Labute approximate surface area is 173 Å². The largest absolute Gasteiger partial charge is 0.385 e. The average molecular weight is 483 g/mol. The number of methoxy groups -OCH3 is 1. The standard InChI is InChI=1S/C17H33N5OS.HI/c1-17(2,3)14-13-24-15(21-14)12-20-16(18-4)19-8-10-22(5)9-7-11-23-6;/h13H,7-12H2,1-6H3,(H2,18,19,20);1H. The lowest BCUT2D eigenvalue weighted by Crippen LogP contribution is -2.40. The Balaban J connectivity index is 0.00000576. The van der Waals surface area contributed by atoms with Crippen LogP contribution in [0.1, 0.15) is 37.9 Å². The van der Waals surface area contributed by atoms with Crippen LogP contribution in [0.5, 0.6) is 0 Å². The lowest BCUT2D eigenvalue weighted by atomic mass is 9.93. The number of likely N-dealkylation sites (N-methyl/N-ethyl adjacent to an activating group) is 1. The molecule has 6 nitrogen and oxygen atoms in total. The van der Waals surface area contributed by atoms with Gasteiger partial charge in [0.1, 0.15) is 5.01 Å². The van der Waals surface area contributed by atoms with Gasteiger partial charge in [-0.3, -0.25) is 4.99 Å². The highest BCUT2D eigenvalue weighted by molar-refractivity contribution is 14.0. The molecule has 0 radical (unpaired) electrons. The van der Waals surface area contributed by atoms with Crippen LogP contribution in [0.3, 0.4) is 0 Å². The Bertz CT molecular complexity index is 501. The van der Waals surface area contributed by atoms with Crippen molar-refractivity contribution in [2.24, 2.45) is 4.99 Å². The highest BCUT2D eigenvalue weighted by Crippen LogP contribution is 2.23. The second kappa shape index (κ2) is 12.8. The van der Waals surface area contributed by atoms with Gasteiger partial charge in [-0.25, -0.2) is 4.98 Å². The third-order valence-electron chi connectivity index (χ3n) is 3.63. The Kier molecular flexibility index (Phi) is 12.6. The number of thiazole rings is 1. The van der Waals surface area contributed by atoms with E-state index in [-0.39, 0.29) is 29.4 Å². The minimum atomic E-state index is 0. The normalized spacial score (nSPS) is 12.2. The summed E-state index contributed by atoms with van der Waals surface area (Å²) in [5, 5.41) is 9.89. The number of nitrogens with one attached hydrogen (secondary N) is 2. The molecular weight excluding hydrogens is 449 g/mol. The molecule has 1 rings (SSSR count). The van der Waals surface area contributed by atoms with Crippen molar-refractivity contribution in [1.29, 1.82) is 0 Å². The highest BCUT2D eigenvalue weighted by atomic mass is 127. The van der Waals surface area contributed by atoms with E-state index < -0.39 is 0 Å². The van der Waals surface area contributed by atoms with Gasteiger partial charge in [-0.1, -0.05) is 20.8 Å². The third-order valence-corrected chi connectivity index (χ3v) is 4.47. The van der Waals surface area contributed by atoms with Gasteiger partial charge in [0.15, 0.2) is 5.96 Å². The molecule has 8 heteroatoms. The van der Waals surface area contributed by atoms with Crippen molar-refractivity contribution < 1.29 is 4.74 Å². The highest BCUT2D eigenvalue weighted by Gasteiger charge is 2.17. The summed E-state index contributed by atoms with van der Waals surface area (Å²) in [6, 6.07) is 0. The first-order valence-corrected chi connectivity index (χ1v) is 9.31. The van der Waals surface area contributed by atoms with E-state index in [1.165, 1.54) is 0 Å². The van der Waals surface area contributed by atoms with Gasteiger partial charge < -0.3 is 20.3 Å². The molecule has 0 amide bonds. The fraction of sp³-hybridized carbons (Fsp3) is 0.765. The summed E-state index contributed by atoms with van der Waals surface area (Å²) in [7, 11) is 5.65. The molecule has 1 heterocycles. The van der Waals surface area contributed by atoms with Crippen molar-refractivity contribution in [3.8, 4) is 0 Å². The predicted molar refractivity (Wildman–Crippen MR) is 118 cm³/mol. The molecule has 0 aliphatic rings. The minimum absolute atomic E-state index is 0. The molecule has 2 N–H and O–H groups in total. The lowest BCUT2D eigenvalue weighted by Gasteiger charge is -2.18. The van der Waals surface area contributed by atoms with E-state index in [1.807, 2.05) is 0 Å². The SMILES string of the molecule is CN=C(NCCN(C)CCCOC)NCc1nc(C(C)(C)C)cs1.I. The molecule has 0 saturated heterocycles. The summed E-state index contributed by atoms with van der Waals surface area (Å²) in [4.78, 5) is 11.2. The molecular formula is C17H34IN5OS. The van der Waals surface area contributed by atoms with E-state index in [0.29, 0.717) is 6.54 Å². The van der Waals surface area contributed by atoms with Gasteiger partial charge in [0, 0.05) is 51.2 Å². The average Bonchev–Trinajstić information content (AvgIpc) is 3.00. The number of aliphatic imine (C=N–C) groups is 1. The summed E-state index contributed by atoms with van der Waals surface area (Å²) in [5.41, 5.74) is 1.24. The zero-order chi connectivity index (χ0) is 18.0. The lowest BCUT2D eigenvalue weighted by molar-refractivity contribution is 0.180. The molecule has 1 aromatic heterocycles. The van der Waals surface area contributed by atoms with Crippen LogP contribution in [0.25, 0.3) is 0 Å². The van der Waals surface area contributed by atoms with E-state index >= 15 is 0 Å². The van der Waals surface area contributed by atoms with Crippen LogP contribution in [0.2, 0.25) is 0 Å². The number of hydrogen-bond donors (Lipinski definition) is 2. The molecule has 0 saturated carbocycles. The fourth-order valence-electron chi connectivity index (χ4n) is 2.07. The number of hydrogen-bond acceptors (Lipinski definition) is 5. The zero-order valence-corrected chi connectivity index (χ0v) is 19.5. The second-order valence-corrected chi connectivity index (χ2v) is 7.82. The molecule has 1 aromatic rings. The van der Waals surface area contributed by atoms with E-state index in [1.54, 1.807) is 25.5 Å². The van der Waals surface area contributed by atoms with Gasteiger partial charge in [-0.2, -0.15) is 0 Å². The number of guanidine groups is 1. The van der Waals surface area contributed by atoms with Crippen molar-refractivity contribution in [1.82, 2.24) is 20.5 Å². The predicted octanol–water partition coefficient (Wildman–Crippen LogP) is 2.69. The molecule has 0 fully saturated rings. The van der Waals surface area contributed by atoms with Crippen LogP contribution < -0.4 is 10.6 Å². The van der Waals surface area contributed by atoms with Crippen LogP contribution in [0.4, 0.5) is 0 Å².